The number of nitrogens with one attached hydrogen (secondary N) is 1. The smallest absolute Gasteiger partial charge is 0.310 e. The number of unbranched alkanes of at least 4 members (excludes halogenated alkanes) is 6. The summed E-state index contributed by atoms with van der Waals surface area (Å²) in [5, 5.41) is 2.27. The zero-order valence-electron chi connectivity index (χ0n) is 20.2. The Kier molecular flexibility index (Phi) is 9.62. The lowest BCUT2D eigenvalue weighted by molar-refractivity contribution is -0.144. The number of imide groups is 1. The van der Waals surface area contributed by atoms with Gasteiger partial charge in [0, 0.05) is 0 Å². The molecule has 0 spiro atoms. The fraction of sp³-hybridized carbons (Fsp3) is 0.414. The van der Waals surface area contributed by atoms with Gasteiger partial charge in [0.1, 0.15) is 6.61 Å². The highest BCUT2D eigenvalue weighted by Gasteiger charge is 2.29. The molecule has 1 heterocycles. The second kappa shape index (κ2) is 12.9. The number of hydrogen-bond donors (Lipinski definition) is 1. The summed E-state index contributed by atoms with van der Waals surface area (Å²) in [5.41, 5.74) is 4.74. The molecule has 0 bridgehead atoms. The predicted molar refractivity (Wildman–Crippen MR) is 134 cm³/mol. The maximum absolute atomic E-state index is 12.4. The van der Waals surface area contributed by atoms with Gasteiger partial charge in [0.2, 0.25) is 0 Å². The van der Waals surface area contributed by atoms with E-state index in [4.69, 9.17) is 4.74 Å². The molecule has 34 heavy (non-hydrogen) atoms. The van der Waals surface area contributed by atoms with E-state index in [1.807, 2.05) is 12.1 Å². The van der Waals surface area contributed by atoms with Gasteiger partial charge in [-0.25, -0.2) is 0 Å². The van der Waals surface area contributed by atoms with Crippen molar-refractivity contribution in [2.45, 2.75) is 77.7 Å². The van der Waals surface area contributed by atoms with E-state index >= 15 is 0 Å². The number of amides is 2. The number of carbonyl (C=O) groups excluding carboxylic acids is 3. The van der Waals surface area contributed by atoms with Gasteiger partial charge in [0.15, 0.2) is 0 Å². The topological polar surface area (TPSA) is 72.5 Å². The van der Waals surface area contributed by atoms with E-state index in [-0.39, 0.29) is 18.6 Å². The third kappa shape index (κ3) is 6.89. The number of carbonyl (C=O) groups is 3. The number of allylic oxidation sites excluding steroid dienone is 1. The van der Waals surface area contributed by atoms with Gasteiger partial charge in [-0.05, 0) is 60.4 Å². The van der Waals surface area contributed by atoms with Crippen LogP contribution < -0.4 is 5.32 Å². The van der Waals surface area contributed by atoms with Crippen molar-refractivity contribution in [3.8, 4) is 0 Å². The fourth-order valence-electron chi connectivity index (χ4n) is 4.46. The summed E-state index contributed by atoms with van der Waals surface area (Å²) < 4.78 is 5.48. The standard InChI is InChI=1S/C29H35NO4/c1-3-5-6-7-8-9-10-11-13-23-17-16-21(18-22(23)4-2)20-34-26(31)19-24-14-12-15-25-27(24)29(33)30-28(25)32/h3,12,14-18H,1,4-11,13,19-20H2,2H3,(H,30,32,33). The fourth-order valence-corrected chi connectivity index (χ4v) is 4.46. The van der Waals surface area contributed by atoms with Gasteiger partial charge in [-0.2, -0.15) is 0 Å². The Bertz CT molecular complexity index is 1040. The van der Waals surface area contributed by atoms with E-state index in [0.29, 0.717) is 11.1 Å². The first-order valence-corrected chi connectivity index (χ1v) is 12.4. The molecule has 0 aliphatic carbocycles. The summed E-state index contributed by atoms with van der Waals surface area (Å²) in [6, 6.07) is 11.3. The van der Waals surface area contributed by atoms with Crippen LogP contribution >= 0.6 is 0 Å². The zero-order chi connectivity index (χ0) is 24.3. The van der Waals surface area contributed by atoms with Gasteiger partial charge < -0.3 is 4.74 Å². The minimum Gasteiger partial charge on any atom is -0.461 e. The molecule has 0 saturated carbocycles. The second-order valence-corrected chi connectivity index (χ2v) is 8.87. The number of benzene rings is 2. The first-order valence-electron chi connectivity index (χ1n) is 12.4. The number of hydrogen-bond acceptors (Lipinski definition) is 4. The quantitative estimate of drug-likeness (QED) is 0.165. The molecule has 2 amide bonds. The van der Waals surface area contributed by atoms with Gasteiger partial charge in [-0.1, -0.05) is 69.0 Å². The van der Waals surface area contributed by atoms with Gasteiger partial charge in [-0.3, -0.25) is 19.7 Å². The summed E-state index contributed by atoms with van der Waals surface area (Å²) in [5.74, 6) is -1.30. The molecular formula is C29H35NO4. The van der Waals surface area contributed by atoms with Crippen LogP contribution in [0.1, 0.15) is 94.8 Å². The minimum atomic E-state index is -0.459. The molecule has 0 unspecified atom stereocenters. The van der Waals surface area contributed by atoms with Crippen LogP contribution in [-0.4, -0.2) is 17.8 Å². The number of ether oxygens (including phenoxy) is 1. The van der Waals surface area contributed by atoms with Crippen molar-refractivity contribution in [1.82, 2.24) is 5.32 Å². The monoisotopic (exact) mass is 461 g/mol. The predicted octanol–water partition coefficient (Wildman–Crippen LogP) is 5.88. The maximum Gasteiger partial charge on any atom is 0.310 e. The van der Waals surface area contributed by atoms with Crippen LogP contribution in [0.4, 0.5) is 0 Å². The summed E-state index contributed by atoms with van der Waals surface area (Å²) >= 11 is 0. The van der Waals surface area contributed by atoms with Crippen molar-refractivity contribution in [2.75, 3.05) is 0 Å². The molecule has 1 N–H and O–H groups in total. The molecule has 180 valence electrons. The van der Waals surface area contributed by atoms with Crippen molar-refractivity contribution in [3.05, 3.63) is 82.4 Å². The number of rotatable bonds is 14. The summed E-state index contributed by atoms with van der Waals surface area (Å²) in [6.45, 7) is 6.11. The Morgan fingerprint density at radius 3 is 2.47 bits per heavy atom. The lowest BCUT2D eigenvalue weighted by Gasteiger charge is -2.12. The first-order chi connectivity index (χ1) is 16.5. The molecule has 0 radical (unpaired) electrons. The Morgan fingerprint density at radius 1 is 0.941 bits per heavy atom. The Labute approximate surface area is 202 Å². The molecule has 1 aliphatic rings. The minimum absolute atomic E-state index is 0.0455. The van der Waals surface area contributed by atoms with E-state index in [0.717, 1.165) is 24.8 Å². The molecule has 2 aromatic carbocycles. The van der Waals surface area contributed by atoms with Crippen LogP contribution in [0.15, 0.2) is 49.1 Å². The van der Waals surface area contributed by atoms with Crippen molar-refractivity contribution in [3.63, 3.8) is 0 Å². The third-order valence-electron chi connectivity index (χ3n) is 6.34. The van der Waals surface area contributed by atoms with Crippen molar-refractivity contribution >= 4 is 17.8 Å². The summed E-state index contributed by atoms with van der Waals surface area (Å²) in [7, 11) is 0. The van der Waals surface area contributed by atoms with Crippen molar-refractivity contribution < 1.29 is 19.1 Å². The van der Waals surface area contributed by atoms with Crippen molar-refractivity contribution in [2.24, 2.45) is 0 Å². The Hall–Kier alpha value is -3.21. The highest BCUT2D eigenvalue weighted by Crippen LogP contribution is 2.22. The molecule has 5 heteroatoms. The van der Waals surface area contributed by atoms with E-state index in [9.17, 15) is 14.4 Å². The van der Waals surface area contributed by atoms with Gasteiger partial charge >= 0.3 is 5.97 Å². The highest BCUT2D eigenvalue weighted by molar-refractivity contribution is 6.22. The normalized spacial score (nSPS) is 12.4. The lowest BCUT2D eigenvalue weighted by atomic mass is 9.97. The molecule has 3 rings (SSSR count). The van der Waals surface area contributed by atoms with Crippen LogP contribution in [0.5, 0.6) is 0 Å². The van der Waals surface area contributed by atoms with E-state index in [1.165, 1.54) is 49.7 Å². The molecule has 1 aliphatic heterocycles. The zero-order valence-corrected chi connectivity index (χ0v) is 20.2. The largest absolute Gasteiger partial charge is 0.461 e. The van der Waals surface area contributed by atoms with E-state index < -0.39 is 17.8 Å². The first kappa shape index (κ1) is 25.4. The molecule has 0 atom stereocenters. The summed E-state index contributed by atoms with van der Waals surface area (Å²) in [4.78, 5) is 36.3. The molecular weight excluding hydrogens is 426 g/mol. The number of aryl methyl sites for hydroxylation is 2. The average Bonchev–Trinajstić information content (AvgIpc) is 3.14. The van der Waals surface area contributed by atoms with Crippen LogP contribution in [0.2, 0.25) is 0 Å². The average molecular weight is 462 g/mol. The lowest BCUT2D eigenvalue weighted by Crippen LogP contribution is -2.20. The van der Waals surface area contributed by atoms with Crippen molar-refractivity contribution in [1.29, 1.82) is 0 Å². The van der Waals surface area contributed by atoms with Crippen LogP contribution in [0, 0.1) is 0 Å². The molecule has 0 saturated heterocycles. The molecule has 0 aromatic heterocycles. The third-order valence-corrected chi connectivity index (χ3v) is 6.34. The van der Waals surface area contributed by atoms with Gasteiger partial charge in [0.25, 0.3) is 11.8 Å². The van der Waals surface area contributed by atoms with E-state index in [1.54, 1.807) is 18.2 Å². The number of fused-ring (bicyclic) bond motifs is 1. The number of esters is 1. The highest BCUT2D eigenvalue weighted by atomic mass is 16.5. The molecule has 0 fully saturated rings. The van der Waals surface area contributed by atoms with Crippen LogP contribution in [0.25, 0.3) is 0 Å². The van der Waals surface area contributed by atoms with Crippen LogP contribution in [-0.2, 0) is 35.4 Å². The Balaban J connectivity index is 1.47. The molecule has 5 nitrogen and oxygen atoms in total. The summed E-state index contributed by atoms with van der Waals surface area (Å²) in [6.07, 6.45) is 12.7. The van der Waals surface area contributed by atoms with Gasteiger partial charge in [0.05, 0.1) is 17.5 Å². The van der Waals surface area contributed by atoms with E-state index in [2.05, 4.69) is 31.0 Å². The Morgan fingerprint density at radius 2 is 1.71 bits per heavy atom. The van der Waals surface area contributed by atoms with Gasteiger partial charge in [-0.15, -0.1) is 6.58 Å². The SMILES string of the molecule is C=CCCCCCCCCc1ccc(COC(=O)Cc2cccc3c2C(=O)NC3=O)cc1CC. The van der Waals surface area contributed by atoms with Crippen LogP contribution in [0.3, 0.4) is 0 Å². The second-order valence-electron chi connectivity index (χ2n) is 8.87. The molecule has 2 aromatic rings. The maximum atomic E-state index is 12.4.